The van der Waals surface area contributed by atoms with Crippen molar-refractivity contribution in [1.29, 1.82) is 0 Å². The molecule has 30 heavy (non-hydrogen) atoms. The minimum Gasteiger partial charge on any atom is -0.321 e. The third-order valence-corrected chi connectivity index (χ3v) is 4.66. The minimum atomic E-state index is 0.114. The summed E-state index contributed by atoms with van der Waals surface area (Å²) in [6.45, 7) is 4.06. The Morgan fingerprint density at radius 1 is 0.933 bits per heavy atom. The molecule has 0 spiro atoms. The lowest BCUT2D eigenvalue weighted by Crippen LogP contribution is -2.06. The highest BCUT2D eigenvalue weighted by Gasteiger charge is 2.09. The van der Waals surface area contributed by atoms with Crippen molar-refractivity contribution >= 4 is 28.5 Å². The number of aromatic amines is 1. The average Bonchev–Trinajstić information content (AvgIpc) is 3.19. The average molecular weight is 396 g/mol. The zero-order valence-electron chi connectivity index (χ0n) is 17.1. The molecule has 0 fully saturated rings. The van der Waals surface area contributed by atoms with Gasteiger partial charge in [-0.05, 0) is 35.7 Å². The van der Waals surface area contributed by atoms with Crippen LogP contribution in [0.2, 0.25) is 0 Å². The van der Waals surface area contributed by atoms with Gasteiger partial charge in [0.15, 0.2) is 5.84 Å². The van der Waals surface area contributed by atoms with Crippen LogP contribution in [0.15, 0.2) is 94.2 Å². The van der Waals surface area contributed by atoms with E-state index in [4.69, 9.17) is 0 Å². The Hall–Kier alpha value is -3.80. The Balaban J connectivity index is 1.56. The molecule has 0 atom stereocenters. The number of H-pyrrole nitrogens is 1. The molecule has 6 nitrogen and oxygen atoms in total. The van der Waals surface area contributed by atoms with Crippen molar-refractivity contribution in [2.75, 3.05) is 5.43 Å². The van der Waals surface area contributed by atoms with E-state index in [1.54, 1.807) is 0 Å². The second-order valence-corrected chi connectivity index (χ2v) is 7.34. The van der Waals surface area contributed by atoms with Crippen molar-refractivity contribution in [3.05, 3.63) is 90.0 Å². The monoisotopic (exact) mass is 396 g/mol. The molecule has 0 aliphatic heterocycles. The van der Waals surface area contributed by atoms with Gasteiger partial charge in [-0.25, -0.2) is 4.98 Å². The van der Waals surface area contributed by atoms with Crippen LogP contribution in [0, 0.1) is 5.92 Å². The van der Waals surface area contributed by atoms with E-state index in [2.05, 4.69) is 61.1 Å². The second kappa shape index (κ2) is 9.13. The Morgan fingerprint density at radius 3 is 2.40 bits per heavy atom. The molecule has 0 bridgehead atoms. The molecule has 1 aromatic heterocycles. The summed E-state index contributed by atoms with van der Waals surface area (Å²) in [4.78, 5) is 7.91. The quantitative estimate of drug-likeness (QED) is 0.173. The molecule has 0 aliphatic carbocycles. The number of imidazole rings is 1. The normalized spacial score (nSPS) is 12.2. The first-order valence-corrected chi connectivity index (χ1v) is 10.0. The predicted octanol–water partition coefficient (Wildman–Crippen LogP) is 6.32. The molecule has 1 heterocycles. The fraction of sp³-hybridized carbons (Fsp3) is 0.167. The van der Waals surface area contributed by atoms with Gasteiger partial charge in [-0.3, -0.25) is 5.43 Å². The summed E-state index contributed by atoms with van der Waals surface area (Å²) in [5.74, 6) is 1.19. The van der Waals surface area contributed by atoms with E-state index in [1.165, 1.54) is 5.56 Å². The third kappa shape index (κ3) is 4.78. The number of hydrazone groups is 1. The number of anilines is 1. The van der Waals surface area contributed by atoms with E-state index in [9.17, 15) is 0 Å². The number of fused-ring (bicyclic) bond motifs is 1. The van der Waals surface area contributed by atoms with Gasteiger partial charge < -0.3 is 4.98 Å². The summed E-state index contributed by atoms with van der Waals surface area (Å²) in [6.07, 6.45) is 0.819. The Bertz CT molecular complexity index is 1160. The SMILES string of the molecule is CC(C)C(N=Nc1nc2c(Cc3ccccc3)cccc2[nH]1)=NNc1ccccc1. The number of hydrogen-bond donors (Lipinski definition) is 2. The maximum Gasteiger partial charge on any atom is 0.247 e. The summed E-state index contributed by atoms with van der Waals surface area (Å²) >= 11 is 0. The number of rotatable bonds is 6. The standard InChI is InChI=1S/C24H24N6/c1-17(2)23(28-27-20-13-7-4-8-14-20)29-30-24-25-21-15-9-12-19(22(21)26-24)16-18-10-5-3-6-11-18/h3-15,17,27H,16H2,1-2H3,(H,25,26). The van der Waals surface area contributed by atoms with Gasteiger partial charge in [-0.2, -0.15) is 5.10 Å². The van der Waals surface area contributed by atoms with Crippen LogP contribution in [0.5, 0.6) is 0 Å². The molecule has 0 aliphatic rings. The predicted molar refractivity (Wildman–Crippen MR) is 122 cm³/mol. The van der Waals surface area contributed by atoms with Gasteiger partial charge in [-0.1, -0.05) is 74.5 Å². The number of benzene rings is 3. The van der Waals surface area contributed by atoms with E-state index in [1.807, 2.05) is 62.4 Å². The van der Waals surface area contributed by atoms with Crippen molar-refractivity contribution in [3.8, 4) is 0 Å². The van der Waals surface area contributed by atoms with Crippen molar-refractivity contribution in [3.63, 3.8) is 0 Å². The highest BCUT2D eigenvalue weighted by atomic mass is 15.3. The highest BCUT2D eigenvalue weighted by Crippen LogP contribution is 2.23. The number of hydrogen-bond acceptors (Lipinski definition) is 4. The van der Waals surface area contributed by atoms with Crippen LogP contribution in [-0.4, -0.2) is 15.8 Å². The third-order valence-electron chi connectivity index (χ3n) is 4.66. The van der Waals surface area contributed by atoms with Gasteiger partial charge in [0.05, 0.1) is 16.7 Å². The van der Waals surface area contributed by atoms with Crippen LogP contribution < -0.4 is 5.43 Å². The summed E-state index contributed by atoms with van der Waals surface area (Å²) in [5.41, 5.74) is 8.20. The fourth-order valence-electron chi connectivity index (χ4n) is 3.08. The maximum atomic E-state index is 4.67. The number of nitrogens with one attached hydrogen (secondary N) is 2. The Morgan fingerprint density at radius 2 is 1.67 bits per heavy atom. The molecule has 6 heteroatoms. The number of azo groups is 1. The van der Waals surface area contributed by atoms with E-state index < -0.39 is 0 Å². The van der Waals surface area contributed by atoms with Crippen molar-refractivity contribution in [2.45, 2.75) is 20.3 Å². The van der Waals surface area contributed by atoms with Gasteiger partial charge >= 0.3 is 0 Å². The number of aromatic nitrogens is 2. The van der Waals surface area contributed by atoms with Crippen LogP contribution in [0.4, 0.5) is 11.6 Å². The van der Waals surface area contributed by atoms with Gasteiger partial charge in [0.25, 0.3) is 0 Å². The fourth-order valence-corrected chi connectivity index (χ4v) is 3.08. The molecular weight excluding hydrogens is 372 g/mol. The van der Waals surface area contributed by atoms with Gasteiger partial charge in [-0.15, -0.1) is 10.2 Å². The van der Waals surface area contributed by atoms with Crippen molar-refractivity contribution < 1.29 is 0 Å². The summed E-state index contributed by atoms with van der Waals surface area (Å²) < 4.78 is 0. The van der Waals surface area contributed by atoms with Crippen LogP contribution in [0.25, 0.3) is 11.0 Å². The van der Waals surface area contributed by atoms with E-state index in [0.717, 1.165) is 28.7 Å². The molecule has 3 aromatic carbocycles. The minimum absolute atomic E-state index is 0.114. The molecule has 0 radical (unpaired) electrons. The molecule has 0 amide bonds. The van der Waals surface area contributed by atoms with Crippen LogP contribution >= 0.6 is 0 Å². The molecule has 4 rings (SSSR count). The summed E-state index contributed by atoms with van der Waals surface area (Å²) in [7, 11) is 0. The molecule has 150 valence electrons. The largest absolute Gasteiger partial charge is 0.321 e. The zero-order valence-corrected chi connectivity index (χ0v) is 17.1. The van der Waals surface area contributed by atoms with Crippen molar-refractivity contribution in [1.82, 2.24) is 9.97 Å². The molecule has 2 N–H and O–H groups in total. The lowest BCUT2D eigenvalue weighted by molar-refractivity contribution is 0.857. The van der Waals surface area contributed by atoms with Crippen molar-refractivity contribution in [2.24, 2.45) is 21.2 Å². The van der Waals surface area contributed by atoms with Crippen LogP contribution in [0.3, 0.4) is 0 Å². The summed E-state index contributed by atoms with van der Waals surface area (Å²) in [6, 6.07) is 26.3. The molecule has 0 saturated heterocycles. The smallest absolute Gasteiger partial charge is 0.247 e. The van der Waals surface area contributed by atoms with E-state index in [-0.39, 0.29) is 5.92 Å². The first-order chi connectivity index (χ1) is 14.7. The first kappa shape index (κ1) is 19.5. The van der Waals surface area contributed by atoms with Crippen LogP contribution in [-0.2, 0) is 6.42 Å². The maximum absolute atomic E-state index is 4.67. The van der Waals surface area contributed by atoms with Gasteiger partial charge in [0.2, 0.25) is 5.95 Å². The van der Waals surface area contributed by atoms with Crippen LogP contribution in [0.1, 0.15) is 25.0 Å². The lowest BCUT2D eigenvalue weighted by Gasteiger charge is -2.04. The highest BCUT2D eigenvalue weighted by molar-refractivity contribution is 5.85. The molecule has 4 aromatic rings. The second-order valence-electron chi connectivity index (χ2n) is 7.34. The number of nitrogens with zero attached hydrogens (tertiary/aromatic N) is 4. The summed E-state index contributed by atoms with van der Waals surface area (Å²) in [5, 5.41) is 13.0. The van der Waals surface area contributed by atoms with E-state index in [0.29, 0.717) is 11.8 Å². The molecular formula is C24H24N6. The Kier molecular flexibility index (Phi) is 5.94. The van der Waals surface area contributed by atoms with Gasteiger partial charge in [0.1, 0.15) is 0 Å². The Labute approximate surface area is 175 Å². The lowest BCUT2D eigenvalue weighted by atomic mass is 10.0. The number of para-hydroxylation sites is 2. The molecule has 0 saturated carbocycles. The van der Waals surface area contributed by atoms with E-state index >= 15 is 0 Å². The van der Waals surface area contributed by atoms with Gasteiger partial charge in [0, 0.05) is 5.92 Å². The topological polar surface area (TPSA) is 77.8 Å². The molecule has 0 unspecified atom stereocenters. The zero-order chi connectivity index (χ0) is 20.8. The first-order valence-electron chi connectivity index (χ1n) is 10.0. The number of amidine groups is 1.